The summed E-state index contributed by atoms with van der Waals surface area (Å²) in [6.45, 7) is 2.19. The minimum Gasteiger partial charge on any atom is -0.329 e. The van der Waals surface area contributed by atoms with Gasteiger partial charge in [-0.15, -0.1) is 0 Å². The Balaban J connectivity index is 1.76. The van der Waals surface area contributed by atoms with E-state index in [-0.39, 0.29) is 18.1 Å². The third-order valence-electron chi connectivity index (χ3n) is 3.76. The maximum Gasteiger partial charge on any atom is 0.318 e. The Morgan fingerprint density at radius 2 is 2.11 bits per heavy atom. The molecule has 6 heteroatoms. The number of urea groups is 1. The van der Waals surface area contributed by atoms with Gasteiger partial charge < -0.3 is 15.5 Å². The van der Waals surface area contributed by atoms with Crippen LogP contribution in [0.5, 0.6) is 0 Å². The highest BCUT2D eigenvalue weighted by Crippen LogP contribution is 2.24. The largest absolute Gasteiger partial charge is 0.329 e. The van der Waals surface area contributed by atoms with Crippen molar-refractivity contribution in [2.24, 2.45) is 0 Å². The quantitative estimate of drug-likeness (QED) is 0.850. The third-order valence-corrected chi connectivity index (χ3v) is 3.76. The molecule has 0 saturated carbocycles. The molecule has 2 heterocycles. The van der Waals surface area contributed by atoms with Crippen LogP contribution >= 0.6 is 0 Å². The average molecular weight is 267 g/mol. The van der Waals surface area contributed by atoms with E-state index in [4.69, 9.17) is 0 Å². The van der Waals surface area contributed by atoms with Gasteiger partial charge in [0.05, 0.1) is 6.04 Å². The van der Waals surface area contributed by atoms with Crippen LogP contribution in [0.3, 0.4) is 0 Å². The van der Waals surface area contributed by atoms with Gasteiger partial charge in [-0.2, -0.15) is 0 Å². The Morgan fingerprint density at radius 1 is 1.26 bits per heavy atom. The van der Waals surface area contributed by atoms with Crippen LogP contribution in [-0.4, -0.2) is 36.6 Å². The second-order valence-electron chi connectivity index (χ2n) is 4.97. The molecule has 0 radical (unpaired) electrons. The third kappa shape index (κ3) is 2.28. The second-order valence-corrected chi connectivity index (χ2v) is 4.97. The first-order valence-corrected chi connectivity index (χ1v) is 6.38. The summed E-state index contributed by atoms with van der Waals surface area (Å²) in [5.74, 6) is -1.75. The smallest absolute Gasteiger partial charge is 0.318 e. The van der Waals surface area contributed by atoms with Gasteiger partial charge in [0.1, 0.15) is 0 Å². The Bertz CT molecular complexity index is 503. The van der Waals surface area contributed by atoms with Crippen molar-refractivity contribution in [1.29, 1.82) is 0 Å². The van der Waals surface area contributed by atoms with Crippen LogP contribution < -0.4 is 10.6 Å². The van der Waals surface area contributed by atoms with E-state index in [1.165, 1.54) is 6.07 Å². The molecular formula is C13H15F2N3O. The Labute approximate surface area is 109 Å². The lowest BCUT2D eigenvalue weighted by atomic mass is 10.1. The molecule has 1 aromatic rings. The molecule has 2 N–H and O–H groups in total. The lowest BCUT2D eigenvalue weighted by Crippen LogP contribution is -2.39. The minimum absolute atomic E-state index is 0.136. The van der Waals surface area contributed by atoms with Gasteiger partial charge in [-0.3, -0.25) is 0 Å². The van der Waals surface area contributed by atoms with Crippen LogP contribution in [0.2, 0.25) is 0 Å². The van der Waals surface area contributed by atoms with Crippen molar-refractivity contribution in [1.82, 2.24) is 15.5 Å². The SMILES string of the molecule is O=C1NC(c2ccc(F)c(F)c2)CN1C1CCNC1. The van der Waals surface area contributed by atoms with Crippen LogP contribution in [0.1, 0.15) is 18.0 Å². The summed E-state index contributed by atoms with van der Waals surface area (Å²) in [6, 6.07) is 3.54. The van der Waals surface area contributed by atoms with E-state index >= 15 is 0 Å². The number of hydrogen-bond acceptors (Lipinski definition) is 2. The average Bonchev–Trinajstić information content (AvgIpc) is 3.01. The van der Waals surface area contributed by atoms with Gasteiger partial charge >= 0.3 is 6.03 Å². The molecule has 0 bridgehead atoms. The number of amides is 2. The lowest BCUT2D eigenvalue weighted by molar-refractivity contribution is 0.201. The Kier molecular flexibility index (Phi) is 3.10. The predicted molar refractivity (Wildman–Crippen MR) is 65.6 cm³/mol. The van der Waals surface area contributed by atoms with Crippen molar-refractivity contribution in [3.63, 3.8) is 0 Å². The zero-order valence-corrected chi connectivity index (χ0v) is 10.3. The maximum absolute atomic E-state index is 13.2. The van der Waals surface area contributed by atoms with Crippen molar-refractivity contribution in [2.45, 2.75) is 18.5 Å². The highest BCUT2D eigenvalue weighted by atomic mass is 19.2. The van der Waals surface area contributed by atoms with Crippen LogP contribution in [-0.2, 0) is 0 Å². The zero-order valence-electron chi connectivity index (χ0n) is 10.3. The topological polar surface area (TPSA) is 44.4 Å². The first kappa shape index (κ1) is 12.3. The molecule has 19 heavy (non-hydrogen) atoms. The molecule has 0 aliphatic carbocycles. The van der Waals surface area contributed by atoms with E-state index < -0.39 is 11.6 Å². The first-order valence-electron chi connectivity index (χ1n) is 6.38. The van der Waals surface area contributed by atoms with Gasteiger partial charge in [0.25, 0.3) is 0 Å². The van der Waals surface area contributed by atoms with Crippen LogP contribution in [0.15, 0.2) is 18.2 Å². The van der Waals surface area contributed by atoms with E-state index in [2.05, 4.69) is 10.6 Å². The van der Waals surface area contributed by atoms with Gasteiger partial charge in [0.15, 0.2) is 11.6 Å². The Morgan fingerprint density at radius 3 is 2.79 bits per heavy atom. The number of nitrogens with zero attached hydrogens (tertiary/aromatic N) is 1. The van der Waals surface area contributed by atoms with Crippen LogP contribution in [0.25, 0.3) is 0 Å². The standard InChI is InChI=1S/C13H15F2N3O/c14-10-2-1-8(5-11(10)15)12-7-18(13(19)17-12)9-3-4-16-6-9/h1-2,5,9,12,16H,3-4,6-7H2,(H,17,19). The van der Waals surface area contributed by atoms with Gasteiger partial charge in [0.2, 0.25) is 0 Å². The molecule has 2 aliphatic rings. The summed E-state index contributed by atoms with van der Waals surface area (Å²) in [5, 5.41) is 6.02. The number of nitrogens with one attached hydrogen (secondary N) is 2. The Hall–Kier alpha value is -1.69. The molecule has 2 aliphatic heterocycles. The fourth-order valence-electron chi connectivity index (χ4n) is 2.70. The number of hydrogen-bond donors (Lipinski definition) is 2. The number of carbonyl (C=O) groups is 1. The summed E-state index contributed by atoms with van der Waals surface area (Å²) in [7, 11) is 0. The molecule has 2 fully saturated rings. The molecule has 2 unspecified atom stereocenters. The number of rotatable bonds is 2. The first-order chi connectivity index (χ1) is 9.15. The fraction of sp³-hybridized carbons (Fsp3) is 0.462. The fourth-order valence-corrected chi connectivity index (χ4v) is 2.70. The van der Waals surface area contributed by atoms with Gasteiger partial charge in [-0.05, 0) is 30.7 Å². The summed E-state index contributed by atoms with van der Waals surface area (Å²) in [4.78, 5) is 13.7. The van der Waals surface area contributed by atoms with Crippen LogP contribution in [0.4, 0.5) is 13.6 Å². The molecule has 4 nitrogen and oxygen atoms in total. The summed E-state index contributed by atoms with van der Waals surface area (Å²) in [5.41, 5.74) is 0.598. The highest BCUT2D eigenvalue weighted by Gasteiger charge is 2.35. The number of carbonyl (C=O) groups excluding carboxylic acids is 1. The molecule has 1 aromatic carbocycles. The van der Waals surface area contributed by atoms with Crippen molar-refractivity contribution < 1.29 is 13.6 Å². The molecule has 0 aromatic heterocycles. The molecular weight excluding hydrogens is 252 g/mol. The van der Waals surface area contributed by atoms with E-state index in [0.29, 0.717) is 12.1 Å². The van der Waals surface area contributed by atoms with E-state index in [1.807, 2.05) is 0 Å². The minimum atomic E-state index is -0.882. The molecule has 3 rings (SSSR count). The van der Waals surface area contributed by atoms with E-state index in [9.17, 15) is 13.6 Å². The van der Waals surface area contributed by atoms with Gasteiger partial charge in [-0.25, -0.2) is 13.6 Å². The molecule has 0 spiro atoms. The maximum atomic E-state index is 13.2. The summed E-state index contributed by atoms with van der Waals surface area (Å²) >= 11 is 0. The highest BCUT2D eigenvalue weighted by molar-refractivity contribution is 5.77. The normalized spacial score (nSPS) is 26.8. The summed E-state index contributed by atoms with van der Waals surface area (Å²) in [6.07, 6.45) is 0.928. The second kappa shape index (κ2) is 4.77. The number of halogens is 2. The number of benzene rings is 1. The molecule has 2 amide bonds. The van der Waals surface area contributed by atoms with E-state index in [1.54, 1.807) is 4.90 Å². The monoisotopic (exact) mass is 267 g/mol. The van der Waals surface area contributed by atoms with Crippen molar-refractivity contribution in [2.75, 3.05) is 19.6 Å². The predicted octanol–water partition coefficient (Wildman–Crippen LogP) is 1.39. The molecule has 2 atom stereocenters. The van der Waals surface area contributed by atoms with Gasteiger partial charge in [-0.1, -0.05) is 6.07 Å². The van der Waals surface area contributed by atoms with Crippen molar-refractivity contribution >= 4 is 6.03 Å². The van der Waals surface area contributed by atoms with Gasteiger partial charge in [0, 0.05) is 19.1 Å². The lowest BCUT2D eigenvalue weighted by Gasteiger charge is -2.21. The van der Waals surface area contributed by atoms with E-state index in [0.717, 1.165) is 31.6 Å². The summed E-state index contributed by atoms with van der Waals surface area (Å²) < 4.78 is 26.1. The molecule has 2 saturated heterocycles. The van der Waals surface area contributed by atoms with Crippen molar-refractivity contribution in [3.05, 3.63) is 35.4 Å². The van der Waals surface area contributed by atoms with Crippen LogP contribution in [0, 0.1) is 11.6 Å². The zero-order chi connectivity index (χ0) is 13.4. The van der Waals surface area contributed by atoms with Crippen molar-refractivity contribution in [3.8, 4) is 0 Å². The molecule has 102 valence electrons.